The van der Waals surface area contributed by atoms with Gasteiger partial charge in [0, 0.05) is 19.1 Å². The second-order valence-corrected chi connectivity index (χ2v) is 9.49. The number of halogens is 1. The van der Waals surface area contributed by atoms with Crippen molar-refractivity contribution >= 4 is 32.5 Å². The highest BCUT2D eigenvalue weighted by Gasteiger charge is 2.28. The highest BCUT2D eigenvalue weighted by Crippen LogP contribution is 2.23. The molecular formula is C15H22ClN3O4S2. The van der Waals surface area contributed by atoms with Crippen molar-refractivity contribution < 1.29 is 16.8 Å². The number of rotatable bonds is 7. The van der Waals surface area contributed by atoms with Crippen LogP contribution in [0, 0.1) is 0 Å². The minimum Gasteiger partial charge on any atom is -0.313 e. The predicted molar refractivity (Wildman–Crippen MR) is 97.8 cm³/mol. The van der Waals surface area contributed by atoms with Crippen molar-refractivity contribution in [1.29, 1.82) is 0 Å². The van der Waals surface area contributed by atoms with Gasteiger partial charge in [-0.2, -0.15) is 0 Å². The van der Waals surface area contributed by atoms with E-state index in [1.54, 1.807) is 0 Å². The summed E-state index contributed by atoms with van der Waals surface area (Å²) in [5.74, 6) is 0. The van der Waals surface area contributed by atoms with E-state index < -0.39 is 20.0 Å². The van der Waals surface area contributed by atoms with Crippen molar-refractivity contribution in [3.05, 3.63) is 35.9 Å². The Balaban J connectivity index is 0.00000225. The lowest BCUT2D eigenvalue weighted by Crippen LogP contribution is -2.30. The Bertz CT molecular complexity index is 849. The molecule has 0 unspecified atom stereocenters. The molecule has 140 valence electrons. The number of hydrogen-bond donors (Lipinski definition) is 3. The fourth-order valence-electron chi connectivity index (χ4n) is 2.40. The van der Waals surface area contributed by atoms with E-state index >= 15 is 0 Å². The fourth-order valence-corrected chi connectivity index (χ4v) is 4.91. The summed E-state index contributed by atoms with van der Waals surface area (Å²) >= 11 is 0. The van der Waals surface area contributed by atoms with Gasteiger partial charge in [0.25, 0.3) is 0 Å². The van der Waals surface area contributed by atoms with Gasteiger partial charge in [-0.1, -0.05) is 17.7 Å². The second-order valence-electron chi connectivity index (χ2n) is 6.01. The molecule has 0 bridgehead atoms. The third-order valence-corrected chi connectivity index (χ3v) is 6.89. The van der Waals surface area contributed by atoms with Gasteiger partial charge < -0.3 is 5.32 Å². The molecule has 10 heteroatoms. The quantitative estimate of drug-likeness (QED) is 0.578. The van der Waals surface area contributed by atoms with Crippen LogP contribution in [0.15, 0.2) is 45.7 Å². The van der Waals surface area contributed by atoms with Crippen molar-refractivity contribution in [1.82, 2.24) is 14.8 Å². The summed E-state index contributed by atoms with van der Waals surface area (Å²) in [7, 11) is -7.44. The monoisotopic (exact) mass is 407 g/mol. The normalized spacial score (nSPS) is 18.3. The van der Waals surface area contributed by atoms with Crippen LogP contribution >= 0.6 is 12.4 Å². The summed E-state index contributed by atoms with van der Waals surface area (Å²) < 4.78 is 54.4. The minimum atomic E-state index is -3.76. The molecule has 1 heterocycles. The van der Waals surface area contributed by atoms with Gasteiger partial charge in [-0.25, -0.2) is 26.3 Å². The van der Waals surface area contributed by atoms with Gasteiger partial charge in [-0.15, -0.1) is 12.4 Å². The van der Waals surface area contributed by atoms with Crippen molar-refractivity contribution in [3.8, 4) is 0 Å². The Kier molecular flexibility index (Phi) is 6.63. The molecule has 1 aliphatic carbocycles. The molecule has 0 saturated heterocycles. The first-order valence-corrected chi connectivity index (χ1v) is 10.8. The summed E-state index contributed by atoms with van der Waals surface area (Å²) in [4.78, 5) is -0.0749. The third kappa shape index (κ3) is 5.50. The summed E-state index contributed by atoms with van der Waals surface area (Å²) in [6.07, 6.45) is 4.40. The van der Waals surface area contributed by atoms with Crippen LogP contribution in [0.1, 0.15) is 19.3 Å². The van der Waals surface area contributed by atoms with Crippen LogP contribution in [0.4, 0.5) is 0 Å². The van der Waals surface area contributed by atoms with E-state index in [1.807, 2.05) is 6.08 Å². The van der Waals surface area contributed by atoms with E-state index in [1.165, 1.54) is 24.3 Å². The molecule has 0 radical (unpaired) electrons. The van der Waals surface area contributed by atoms with E-state index in [0.29, 0.717) is 0 Å². The van der Waals surface area contributed by atoms with Crippen molar-refractivity contribution in [2.75, 3.05) is 19.6 Å². The van der Waals surface area contributed by atoms with E-state index in [2.05, 4.69) is 14.8 Å². The van der Waals surface area contributed by atoms with Gasteiger partial charge in [0.15, 0.2) is 0 Å². The molecule has 2 aliphatic rings. The van der Waals surface area contributed by atoms with Crippen LogP contribution in [0.5, 0.6) is 0 Å². The van der Waals surface area contributed by atoms with Gasteiger partial charge in [-0.3, -0.25) is 0 Å². The molecule has 1 aliphatic heterocycles. The van der Waals surface area contributed by atoms with Gasteiger partial charge in [0.05, 0.1) is 9.79 Å². The Hall–Kier alpha value is -0.970. The highest BCUT2D eigenvalue weighted by molar-refractivity contribution is 7.90. The smallest absolute Gasteiger partial charge is 0.240 e. The Morgan fingerprint density at radius 1 is 1.08 bits per heavy atom. The maximum Gasteiger partial charge on any atom is 0.240 e. The van der Waals surface area contributed by atoms with Crippen molar-refractivity contribution in [2.45, 2.75) is 35.1 Å². The average molecular weight is 408 g/mol. The first-order chi connectivity index (χ1) is 11.4. The zero-order chi connectivity index (χ0) is 17.2. The maximum absolute atomic E-state index is 12.4. The SMILES string of the molecule is Cl.O=S(=O)(NCC1=CCNCC1)c1cccc(S(=O)(=O)NC2CC2)c1. The molecule has 3 rings (SSSR count). The summed E-state index contributed by atoms with van der Waals surface area (Å²) in [5.41, 5.74) is 1.02. The molecule has 3 N–H and O–H groups in total. The van der Waals surface area contributed by atoms with Crippen LogP contribution in [0.3, 0.4) is 0 Å². The third-order valence-electron chi connectivity index (χ3n) is 3.97. The predicted octanol–water partition coefficient (Wildman–Crippen LogP) is 0.747. The molecule has 1 aromatic carbocycles. The molecular weight excluding hydrogens is 386 g/mol. The van der Waals surface area contributed by atoms with Gasteiger partial charge in [0.2, 0.25) is 20.0 Å². The van der Waals surface area contributed by atoms with E-state index in [-0.39, 0.29) is 34.8 Å². The van der Waals surface area contributed by atoms with Gasteiger partial charge in [0.1, 0.15) is 0 Å². The number of nitrogens with one attached hydrogen (secondary N) is 3. The lowest BCUT2D eigenvalue weighted by atomic mass is 10.1. The first-order valence-electron chi connectivity index (χ1n) is 7.87. The van der Waals surface area contributed by atoms with Crippen molar-refractivity contribution in [2.24, 2.45) is 0 Å². The van der Waals surface area contributed by atoms with Crippen LogP contribution in [-0.2, 0) is 20.0 Å². The molecule has 0 spiro atoms. The minimum absolute atomic E-state index is 0. The molecule has 0 atom stereocenters. The van der Waals surface area contributed by atoms with Crippen LogP contribution in [-0.4, -0.2) is 42.5 Å². The zero-order valence-electron chi connectivity index (χ0n) is 13.6. The Labute approximate surface area is 154 Å². The summed E-state index contributed by atoms with van der Waals surface area (Å²) in [6, 6.07) is 5.41. The molecule has 0 aromatic heterocycles. The number of sulfonamides is 2. The topological polar surface area (TPSA) is 104 Å². The highest BCUT2D eigenvalue weighted by atomic mass is 35.5. The van der Waals surface area contributed by atoms with Crippen LogP contribution < -0.4 is 14.8 Å². The number of benzene rings is 1. The van der Waals surface area contributed by atoms with Crippen LogP contribution in [0.2, 0.25) is 0 Å². The van der Waals surface area contributed by atoms with Crippen molar-refractivity contribution in [3.63, 3.8) is 0 Å². The molecule has 7 nitrogen and oxygen atoms in total. The maximum atomic E-state index is 12.4. The molecule has 0 amide bonds. The number of hydrogen-bond acceptors (Lipinski definition) is 5. The Morgan fingerprint density at radius 3 is 2.36 bits per heavy atom. The lowest BCUT2D eigenvalue weighted by molar-refractivity contribution is 0.579. The van der Waals surface area contributed by atoms with Crippen LogP contribution in [0.25, 0.3) is 0 Å². The second kappa shape index (κ2) is 8.15. The Morgan fingerprint density at radius 2 is 1.76 bits per heavy atom. The molecule has 1 saturated carbocycles. The summed E-state index contributed by atoms with van der Waals surface area (Å²) in [5, 5.41) is 3.16. The lowest BCUT2D eigenvalue weighted by Gasteiger charge is -2.15. The van der Waals surface area contributed by atoms with E-state index in [9.17, 15) is 16.8 Å². The average Bonchev–Trinajstić information content (AvgIpc) is 3.37. The molecule has 1 fully saturated rings. The largest absolute Gasteiger partial charge is 0.313 e. The molecule has 25 heavy (non-hydrogen) atoms. The standard InChI is InChI=1S/C15H21N3O4S2.ClH/c19-23(20,17-11-12-6-8-16-9-7-12)14-2-1-3-15(10-14)24(21,22)18-13-4-5-13;/h1-3,6,10,13,16-18H,4-5,7-9,11H2;1H. The first kappa shape index (κ1) is 20.3. The van der Waals surface area contributed by atoms with E-state index in [4.69, 9.17) is 0 Å². The molecule has 1 aromatic rings. The summed E-state index contributed by atoms with van der Waals surface area (Å²) in [6.45, 7) is 1.80. The zero-order valence-corrected chi connectivity index (χ0v) is 16.0. The fraction of sp³-hybridized carbons (Fsp3) is 0.467. The van der Waals surface area contributed by atoms with E-state index in [0.717, 1.165) is 37.9 Å². The van der Waals surface area contributed by atoms with Gasteiger partial charge in [-0.05, 0) is 44.0 Å². The van der Waals surface area contributed by atoms with Gasteiger partial charge >= 0.3 is 0 Å².